The van der Waals surface area contributed by atoms with Crippen molar-refractivity contribution < 1.29 is 9.53 Å². The van der Waals surface area contributed by atoms with Gasteiger partial charge in [0.05, 0.1) is 6.61 Å². The molecule has 0 aliphatic rings. The van der Waals surface area contributed by atoms with Crippen LogP contribution in [0, 0.1) is 5.92 Å². The van der Waals surface area contributed by atoms with Crippen LogP contribution in [0.15, 0.2) is 0 Å². The summed E-state index contributed by atoms with van der Waals surface area (Å²) in [5.74, 6) is 0.541. The van der Waals surface area contributed by atoms with Gasteiger partial charge in [-0.3, -0.25) is 4.79 Å². The number of nitrogens with one attached hydrogen (secondary N) is 1. The van der Waals surface area contributed by atoms with Crippen LogP contribution < -0.4 is 5.32 Å². The fraction of sp³-hybridized carbons (Fsp3) is 0.917. The van der Waals surface area contributed by atoms with Crippen LogP contribution in [0.25, 0.3) is 0 Å². The number of ether oxygens (including phenoxy) is 1. The van der Waals surface area contributed by atoms with Gasteiger partial charge in [-0.1, -0.05) is 33.6 Å². The monoisotopic (exact) mass is 215 g/mol. The summed E-state index contributed by atoms with van der Waals surface area (Å²) in [6.45, 7) is 9.57. The standard InChI is InChI=1S/C12H25NO2/c1-5-10(6-2)9-13-11(7-3)12(14)15-8-4/h10-11,13H,5-9H2,1-4H3. The smallest absolute Gasteiger partial charge is 0.323 e. The van der Waals surface area contributed by atoms with E-state index in [2.05, 4.69) is 19.2 Å². The van der Waals surface area contributed by atoms with E-state index in [1.807, 2.05) is 13.8 Å². The highest BCUT2D eigenvalue weighted by Crippen LogP contribution is 2.06. The molecule has 0 fully saturated rings. The second kappa shape index (κ2) is 8.72. The van der Waals surface area contributed by atoms with Crippen molar-refractivity contribution in [2.75, 3.05) is 13.2 Å². The summed E-state index contributed by atoms with van der Waals surface area (Å²) in [5.41, 5.74) is 0. The first-order valence-corrected chi connectivity index (χ1v) is 6.09. The Balaban J connectivity index is 3.93. The topological polar surface area (TPSA) is 38.3 Å². The van der Waals surface area contributed by atoms with Crippen molar-refractivity contribution in [1.29, 1.82) is 0 Å². The number of hydrogen-bond donors (Lipinski definition) is 1. The lowest BCUT2D eigenvalue weighted by molar-refractivity contribution is -0.145. The maximum Gasteiger partial charge on any atom is 0.323 e. The molecule has 0 heterocycles. The molecule has 0 saturated heterocycles. The zero-order valence-corrected chi connectivity index (χ0v) is 10.5. The van der Waals surface area contributed by atoms with Gasteiger partial charge in [0.2, 0.25) is 0 Å². The van der Waals surface area contributed by atoms with Crippen LogP contribution in [0.4, 0.5) is 0 Å². The van der Waals surface area contributed by atoms with Crippen molar-refractivity contribution in [2.45, 2.75) is 53.0 Å². The Hall–Kier alpha value is -0.570. The molecule has 0 aromatic carbocycles. The molecule has 0 rings (SSSR count). The van der Waals surface area contributed by atoms with Crippen molar-refractivity contribution >= 4 is 5.97 Å². The Bertz CT molecular complexity index is 167. The Kier molecular flexibility index (Phi) is 8.38. The first-order chi connectivity index (χ1) is 7.19. The Labute approximate surface area is 93.6 Å². The predicted molar refractivity (Wildman–Crippen MR) is 62.8 cm³/mol. The van der Waals surface area contributed by atoms with Crippen LogP contribution in [-0.2, 0) is 9.53 Å². The summed E-state index contributed by atoms with van der Waals surface area (Å²) in [6, 6.07) is -0.134. The van der Waals surface area contributed by atoms with Crippen LogP contribution in [-0.4, -0.2) is 25.2 Å². The van der Waals surface area contributed by atoms with E-state index in [-0.39, 0.29) is 12.0 Å². The molecule has 0 aliphatic heterocycles. The van der Waals surface area contributed by atoms with E-state index in [0.29, 0.717) is 12.5 Å². The van der Waals surface area contributed by atoms with Gasteiger partial charge in [0.25, 0.3) is 0 Å². The average molecular weight is 215 g/mol. The highest BCUT2D eigenvalue weighted by molar-refractivity contribution is 5.75. The summed E-state index contributed by atoms with van der Waals surface area (Å²) in [6.07, 6.45) is 3.10. The van der Waals surface area contributed by atoms with Gasteiger partial charge < -0.3 is 10.1 Å². The highest BCUT2D eigenvalue weighted by atomic mass is 16.5. The van der Waals surface area contributed by atoms with Gasteiger partial charge in [-0.25, -0.2) is 0 Å². The third-order valence-electron chi connectivity index (χ3n) is 2.79. The van der Waals surface area contributed by atoms with Gasteiger partial charge in [0.15, 0.2) is 0 Å². The lowest BCUT2D eigenvalue weighted by Crippen LogP contribution is -2.40. The average Bonchev–Trinajstić information content (AvgIpc) is 2.25. The van der Waals surface area contributed by atoms with Gasteiger partial charge in [-0.2, -0.15) is 0 Å². The molecule has 0 saturated carbocycles. The maximum atomic E-state index is 11.5. The summed E-state index contributed by atoms with van der Waals surface area (Å²) in [4.78, 5) is 11.5. The SMILES string of the molecule is CCOC(=O)C(CC)NCC(CC)CC. The van der Waals surface area contributed by atoms with E-state index in [4.69, 9.17) is 4.74 Å². The maximum absolute atomic E-state index is 11.5. The van der Waals surface area contributed by atoms with E-state index in [1.54, 1.807) is 0 Å². The van der Waals surface area contributed by atoms with E-state index < -0.39 is 0 Å². The van der Waals surface area contributed by atoms with Gasteiger partial charge >= 0.3 is 5.97 Å². The van der Waals surface area contributed by atoms with Crippen molar-refractivity contribution in [3.05, 3.63) is 0 Å². The normalized spacial score (nSPS) is 12.9. The second-order valence-corrected chi connectivity index (χ2v) is 3.80. The van der Waals surface area contributed by atoms with Crippen LogP contribution >= 0.6 is 0 Å². The zero-order valence-electron chi connectivity index (χ0n) is 10.5. The zero-order chi connectivity index (χ0) is 11.7. The minimum Gasteiger partial charge on any atom is -0.465 e. The molecule has 90 valence electrons. The molecule has 0 spiro atoms. The van der Waals surface area contributed by atoms with Crippen molar-refractivity contribution in [3.8, 4) is 0 Å². The number of esters is 1. The van der Waals surface area contributed by atoms with Crippen LogP contribution in [0.5, 0.6) is 0 Å². The van der Waals surface area contributed by atoms with Crippen LogP contribution in [0.3, 0.4) is 0 Å². The third-order valence-corrected chi connectivity index (χ3v) is 2.79. The Morgan fingerprint density at radius 2 is 1.73 bits per heavy atom. The molecule has 1 N–H and O–H groups in total. The molecule has 0 aromatic rings. The summed E-state index contributed by atoms with van der Waals surface area (Å²) >= 11 is 0. The van der Waals surface area contributed by atoms with Gasteiger partial charge in [-0.15, -0.1) is 0 Å². The summed E-state index contributed by atoms with van der Waals surface area (Å²) in [5, 5.41) is 3.28. The molecular formula is C12H25NO2. The van der Waals surface area contributed by atoms with E-state index >= 15 is 0 Å². The lowest BCUT2D eigenvalue weighted by Gasteiger charge is -2.19. The van der Waals surface area contributed by atoms with Gasteiger partial charge in [0.1, 0.15) is 6.04 Å². The third kappa shape index (κ3) is 5.78. The fourth-order valence-electron chi connectivity index (χ4n) is 1.52. The van der Waals surface area contributed by atoms with E-state index in [1.165, 1.54) is 0 Å². The lowest BCUT2D eigenvalue weighted by atomic mass is 10.0. The quantitative estimate of drug-likeness (QED) is 0.632. The van der Waals surface area contributed by atoms with Crippen LogP contribution in [0.1, 0.15) is 47.0 Å². The van der Waals surface area contributed by atoms with Crippen molar-refractivity contribution in [2.24, 2.45) is 5.92 Å². The number of rotatable bonds is 8. The molecule has 1 atom stereocenters. The van der Waals surface area contributed by atoms with Gasteiger partial charge in [0, 0.05) is 0 Å². The predicted octanol–water partition coefficient (Wildman–Crippen LogP) is 2.35. The molecule has 3 nitrogen and oxygen atoms in total. The molecule has 1 unspecified atom stereocenters. The van der Waals surface area contributed by atoms with Crippen molar-refractivity contribution in [1.82, 2.24) is 5.32 Å². The molecule has 0 aromatic heterocycles. The Morgan fingerprint density at radius 3 is 2.13 bits per heavy atom. The Morgan fingerprint density at radius 1 is 1.13 bits per heavy atom. The molecule has 15 heavy (non-hydrogen) atoms. The van der Waals surface area contributed by atoms with Crippen LogP contribution in [0.2, 0.25) is 0 Å². The number of hydrogen-bond acceptors (Lipinski definition) is 3. The first-order valence-electron chi connectivity index (χ1n) is 6.09. The van der Waals surface area contributed by atoms with E-state index in [9.17, 15) is 4.79 Å². The van der Waals surface area contributed by atoms with E-state index in [0.717, 1.165) is 25.8 Å². The first kappa shape index (κ1) is 14.4. The van der Waals surface area contributed by atoms with Gasteiger partial charge in [-0.05, 0) is 25.8 Å². The molecular weight excluding hydrogens is 190 g/mol. The highest BCUT2D eigenvalue weighted by Gasteiger charge is 2.17. The largest absolute Gasteiger partial charge is 0.465 e. The fourth-order valence-corrected chi connectivity index (χ4v) is 1.52. The molecule has 0 bridgehead atoms. The molecule has 0 amide bonds. The number of carbonyl (C=O) groups excluding carboxylic acids is 1. The molecule has 3 heteroatoms. The van der Waals surface area contributed by atoms with Crippen molar-refractivity contribution in [3.63, 3.8) is 0 Å². The number of carbonyl (C=O) groups is 1. The summed E-state index contributed by atoms with van der Waals surface area (Å²) in [7, 11) is 0. The second-order valence-electron chi connectivity index (χ2n) is 3.80. The minimum atomic E-state index is -0.134. The molecule has 0 aliphatic carbocycles. The molecule has 0 radical (unpaired) electrons. The minimum absolute atomic E-state index is 0.119. The summed E-state index contributed by atoms with van der Waals surface area (Å²) < 4.78 is 4.99.